The van der Waals surface area contributed by atoms with Gasteiger partial charge in [0.15, 0.2) is 11.5 Å². The van der Waals surface area contributed by atoms with Crippen LogP contribution < -0.4 is 14.4 Å². The molecular formula is C22H25NO8. The highest BCUT2D eigenvalue weighted by molar-refractivity contribution is 6.23. The van der Waals surface area contributed by atoms with Gasteiger partial charge < -0.3 is 33.7 Å². The lowest BCUT2D eigenvalue weighted by molar-refractivity contribution is -0.267. The number of hydrogen-bond donors (Lipinski definition) is 1. The maximum Gasteiger partial charge on any atom is 0.348 e. The minimum Gasteiger partial charge on any atom is -0.493 e. The molecule has 2 aliphatic rings. The molecule has 0 spiro atoms. The van der Waals surface area contributed by atoms with E-state index in [1.54, 1.807) is 6.07 Å². The number of carbonyl (C=O) groups is 2. The van der Waals surface area contributed by atoms with Gasteiger partial charge in [0.25, 0.3) is 11.4 Å². The van der Waals surface area contributed by atoms with Crippen LogP contribution in [0.1, 0.15) is 21.5 Å². The van der Waals surface area contributed by atoms with E-state index in [4.69, 9.17) is 23.7 Å². The topological polar surface area (TPSA) is 104 Å². The molecule has 1 aliphatic carbocycles. The van der Waals surface area contributed by atoms with Gasteiger partial charge in [-0.05, 0) is 24.1 Å². The van der Waals surface area contributed by atoms with E-state index in [0.717, 1.165) is 23.7 Å². The molecule has 9 heteroatoms. The monoisotopic (exact) mass is 431 g/mol. The number of nitrogens with zero attached hydrogens (tertiary/aromatic N) is 1. The van der Waals surface area contributed by atoms with Crippen molar-refractivity contribution in [3.05, 3.63) is 28.8 Å². The van der Waals surface area contributed by atoms with Crippen LogP contribution in [0.15, 0.2) is 12.1 Å². The molecule has 2 aromatic rings. The van der Waals surface area contributed by atoms with Crippen LogP contribution in [0.2, 0.25) is 0 Å². The van der Waals surface area contributed by atoms with E-state index < -0.39 is 23.1 Å². The molecular weight excluding hydrogens is 406 g/mol. The van der Waals surface area contributed by atoms with Gasteiger partial charge in [-0.2, -0.15) is 0 Å². The zero-order chi connectivity index (χ0) is 22.7. The van der Waals surface area contributed by atoms with Crippen LogP contribution in [0.4, 0.5) is 5.69 Å². The lowest BCUT2D eigenvalue weighted by Crippen LogP contribution is -2.59. The molecule has 1 unspecified atom stereocenters. The highest BCUT2D eigenvalue weighted by Crippen LogP contribution is 2.55. The Morgan fingerprint density at radius 2 is 1.74 bits per heavy atom. The Labute approximate surface area is 179 Å². The second-order valence-corrected chi connectivity index (χ2v) is 7.57. The van der Waals surface area contributed by atoms with Crippen molar-refractivity contribution >= 4 is 28.2 Å². The zero-order valence-corrected chi connectivity index (χ0v) is 18.3. The van der Waals surface area contributed by atoms with E-state index >= 15 is 0 Å². The Morgan fingerprint density at radius 3 is 2.29 bits per heavy atom. The first-order valence-electron chi connectivity index (χ1n) is 9.69. The van der Waals surface area contributed by atoms with Crippen molar-refractivity contribution in [1.82, 2.24) is 0 Å². The quantitative estimate of drug-likeness (QED) is 0.556. The first-order valence-corrected chi connectivity index (χ1v) is 9.69. The molecule has 166 valence electrons. The predicted octanol–water partition coefficient (Wildman–Crippen LogP) is 1.40. The molecule has 1 heterocycles. The van der Waals surface area contributed by atoms with Gasteiger partial charge in [-0.1, -0.05) is 0 Å². The van der Waals surface area contributed by atoms with Gasteiger partial charge in [0.05, 0.1) is 21.3 Å². The van der Waals surface area contributed by atoms with Crippen molar-refractivity contribution in [2.45, 2.75) is 17.8 Å². The number of anilines is 1. The lowest BCUT2D eigenvalue weighted by Gasteiger charge is -2.36. The molecule has 0 aromatic heterocycles. The number of likely N-dealkylation sites (N-methyl/N-ethyl adjacent to an activating group) is 1. The highest BCUT2D eigenvalue weighted by atomic mass is 16.7. The predicted molar refractivity (Wildman–Crippen MR) is 111 cm³/mol. The third-order valence-corrected chi connectivity index (χ3v) is 6.38. The van der Waals surface area contributed by atoms with Gasteiger partial charge in [0.2, 0.25) is 5.78 Å². The van der Waals surface area contributed by atoms with Crippen LogP contribution in [0.25, 0.3) is 10.8 Å². The van der Waals surface area contributed by atoms with Gasteiger partial charge in [-0.25, -0.2) is 4.79 Å². The third kappa shape index (κ3) is 2.36. The van der Waals surface area contributed by atoms with E-state index in [1.165, 1.54) is 28.4 Å². The summed E-state index contributed by atoms with van der Waals surface area (Å²) in [6, 6.07) is 3.51. The average Bonchev–Trinajstić information content (AvgIpc) is 2.99. The van der Waals surface area contributed by atoms with Crippen molar-refractivity contribution < 1.29 is 38.4 Å². The molecule has 1 N–H and O–H groups in total. The van der Waals surface area contributed by atoms with Crippen molar-refractivity contribution in [2.75, 3.05) is 54.0 Å². The number of Topliss-reactive ketones (excluding diaryl/α,β-unsaturated/α-hetero) is 1. The number of benzene rings is 2. The van der Waals surface area contributed by atoms with Gasteiger partial charge in [0, 0.05) is 55.4 Å². The lowest BCUT2D eigenvalue weighted by atomic mass is 9.86. The molecule has 1 aliphatic heterocycles. The van der Waals surface area contributed by atoms with E-state index in [-0.39, 0.29) is 11.1 Å². The second kappa shape index (κ2) is 7.08. The highest BCUT2D eigenvalue weighted by Gasteiger charge is 2.71. The van der Waals surface area contributed by atoms with Gasteiger partial charge >= 0.3 is 5.97 Å². The van der Waals surface area contributed by atoms with Crippen LogP contribution in [0, 0.1) is 0 Å². The largest absolute Gasteiger partial charge is 0.493 e. The SMILES string of the molecule is COC(=O)C1(O)c2cc3c4c(cc(OC)c(OC)c4c2C(=O)C1(OC)OC)CCN3C. The van der Waals surface area contributed by atoms with Crippen molar-refractivity contribution in [2.24, 2.45) is 0 Å². The van der Waals surface area contributed by atoms with Gasteiger partial charge in [-0.3, -0.25) is 4.79 Å². The van der Waals surface area contributed by atoms with Crippen LogP contribution in [0.5, 0.6) is 11.5 Å². The molecule has 0 fully saturated rings. The summed E-state index contributed by atoms with van der Waals surface area (Å²) in [5.41, 5.74) is -0.738. The second-order valence-electron chi connectivity index (χ2n) is 7.57. The minimum absolute atomic E-state index is 0.0294. The summed E-state index contributed by atoms with van der Waals surface area (Å²) in [6.45, 7) is 0.695. The Kier molecular flexibility index (Phi) is 4.88. The zero-order valence-electron chi connectivity index (χ0n) is 18.3. The molecule has 0 saturated heterocycles. The Bertz CT molecular complexity index is 1110. The van der Waals surface area contributed by atoms with E-state index in [9.17, 15) is 14.7 Å². The summed E-state index contributed by atoms with van der Waals surface area (Å²) in [4.78, 5) is 28.7. The molecule has 1 atom stereocenters. The van der Waals surface area contributed by atoms with Gasteiger partial charge in [0.1, 0.15) is 0 Å². The fourth-order valence-corrected chi connectivity index (χ4v) is 4.88. The first-order chi connectivity index (χ1) is 14.8. The van der Waals surface area contributed by atoms with Crippen LogP contribution >= 0.6 is 0 Å². The smallest absolute Gasteiger partial charge is 0.348 e. The van der Waals surface area contributed by atoms with Gasteiger partial charge in [-0.15, -0.1) is 0 Å². The number of ether oxygens (including phenoxy) is 5. The fourth-order valence-electron chi connectivity index (χ4n) is 4.88. The summed E-state index contributed by atoms with van der Waals surface area (Å²) in [7, 11) is 8.38. The molecule has 0 amide bonds. The van der Waals surface area contributed by atoms with E-state index in [0.29, 0.717) is 29.9 Å². The van der Waals surface area contributed by atoms with Crippen molar-refractivity contribution in [3.8, 4) is 11.5 Å². The summed E-state index contributed by atoms with van der Waals surface area (Å²) in [5, 5.41) is 12.9. The van der Waals surface area contributed by atoms with Crippen molar-refractivity contribution in [1.29, 1.82) is 0 Å². The number of rotatable bonds is 5. The van der Waals surface area contributed by atoms with E-state index in [1.807, 2.05) is 18.0 Å². The molecule has 9 nitrogen and oxygen atoms in total. The number of fused-ring (bicyclic) bond motifs is 2. The molecule has 31 heavy (non-hydrogen) atoms. The number of methoxy groups -OCH3 is 5. The summed E-state index contributed by atoms with van der Waals surface area (Å²) < 4.78 is 26.9. The Morgan fingerprint density at radius 1 is 1.06 bits per heavy atom. The van der Waals surface area contributed by atoms with E-state index in [2.05, 4.69) is 0 Å². The number of ketones is 1. The molecule has 0 saturated carbocycles. The van der Waals surface area contributed by atoms with Crippen molar-refractivity contribution in [3.63, 3.8) is 0 Å². The summed E-state index contributed by atoms with van der Waals surface area (Å²) in [6.07, 6.45) is 0.717. The average molecular weight is 431 g/mol. The normalized spacial score (nSPS) is 21.3. The summed E-state index contributed by atoms with van der Waals surface area (Å²) >= 11 is 0. The maximum atomic E-state index is 13.8. The molecule has 4 rings (SSSR count). The Hall–Kier alpha value is -2.88. The number of carbonyl (C=O) groups excluding carboxylic acids is 2. The standard InChI is InChI=1S/C22H25NO8/c1-23-8-7-11-9-14(27-2)18(28-3)17-15(11)13(23)10-12-16(17)19(24)22(30-5,31-6)21(12,26)20(25)29-4/h9-10,26H,7-8H2,1-6H3. The number of hydrogen-bond acceptors (Lipinski definition) is 9. The minimum atomic E-state index is -2.53. The number of aliphatic hydroxyl groups is 1. The first kappa shape index (κ1) is 21.4. The number of esters is 1. The fraction of sp³-hybridized carbons (Fsp3) is 0.455. The third-order valence-electron chi connectivity index (χ3n) is 6.38. The maximum absolute atomic E-state index is 13.8. The summed E-state index contributed by atoms with van der Waals surface area (Å²) in [5.74, 6) is -3.35. The molecule has 0 radical (unpaired) electrons. The molecule has 2 aromatic carbocycles. The Balaban J connectivity index is 2.27. The van der Waals surface area contributed by atoms with Crippen LogP contribution in [0.3, 0.4) is 0 Å². The van der Waals surface area contributed by atoms with Crippen LogP contribution in [-0.4, -0.2) is 71.8 Å². The van der Waals surface area contributed by atoms with Crippen LogP contribution in [-0.2, 0) is 31.0 Å². The molecule has 0 bridgehead atoms.